The molecule has 35 heavy (non-hydrogen) atoms. The zero-order valence-electron chi connectivity index (χ0n) is 21.1. The molecule has 1 unspecified atom stereocenters. The van der Waals surface area contributed by atoms with Gasteiger partial charge in [-0.25, -0.2) is 0 Å². The predicted octanol–water partition coefficient (Wildman–Crippen LogP) is 2.02. The van der Waals surface area contributed by atoms with E-state index in [1.54, 1.807) is 29.2 Å². The van der Waals surface area contributed by atoms with Crippen LogP contribution in [0, 0.1) is 0 Å². The molecule has 1 N–H and O–H groups in total. The number of carbonyl (C=O) groups excluding carboxylic acids is 2. The molecule has 0 aliphatic carbocycles. The second-order valence-electron chi connectivity index (χ2n) is 8.56. The quantitative estimate of drug-likeness (QED) is 0.286. The first-order chi connectivity index (χ1) is 16.9. The molecule has 0 bridgehead atoms. The van der Waals surface area contributed by atoms with Crippen molar-refractivity contribution in [2.45, 2.75) is 40.2 Å². The Morgan fingerprint density at radius 3 is 2.09 bits per heavy atom. The molecule has 188 valence electrons. The van der Waals surface area contributed by atoms with Crippen molar-refractivity contribution in [2.75, 3.05) is 39.4 Å². The van der Waals surface area contributed by atoms with Crippen molar-refractivity contribution in [1.29, 1.82) is 0 Å². The average molecular weight is 481 g/mol. The number of nitrogens with zero attached hydrogens (tertiary/aromatic N) is 1. The maximum atomic E-state index is 13.6. The number of Topliss-reactive ketones (excluding diaryl/α,β-unsaturated/α-hetero) is 1. The first-order valence-electron chi connectivity index (χ1n) is 12.5. The van der Waals surface area contributed by atoms with E-state index in [0.29, 0.717) is 43.4 Å². The molecular weight excluding hydrogens is 444 g/mol. The van der Waals surface area contributed by atoms with E-state index in [-0.39, 0.29) is 5.57 Å². The van der Waals surface area contributed by atoms with Crippen molar-refractivity contribution >= 4 is 17.4 Å². The van der Waals surface area contributed by atoms with E-state index in [1.807, 2.05) is 38.1 Å². The first-order valence-corrected chi connectivity index (χ1v) is 12.5. The van der Waals surface area contributed by atoms with Crippen LogP contribution < -0.4 is 19.5 Å². The monoisotopic (exact) mass is 480 g/mol. The van der Waals surface area contributed by atoms with Gasteiger partial charge in [-0.3, -0.25) is 9.59 Å². The van der Waals surface area contributed by atoms with Crippen LogP contribution in [0.5, 0.6) is 11.5 Å². The SMILES string of the molecule is CCCOc1ccc(C2/C(=C(\[O-])c3ccc(OCC)cc3)C(=O)C(=O)N2CC[NH+](CC)CC)cc1. The van der Waals surface area contributed by atoms with Crippen LogP contribution in [0.25, 0.3) is 5.76 Å². The molecule has 2 aromatic carbocycles. The highest BCUT2D eigenvalue weighted by atomic mass is 16.5. The molecular formula is C28H36N2O5. The van der Waals surface area contributed by atoms with Crippen LogP contribution in [0.4, 0.5) is 0 Å². The molecule has 2 aromatic rings. The van der Waals surface area contributed by atoms with E-state index in [0.717, 1.165) is 25.1 Å². The van der Waals surface area contributed by atoms with Gasteiger partial charge in [-0.05, 0) is 62.6 Å². The smallest absolute Gasteiger partial charge is 0.295 e. The van der Waals surface area contributed by atoms with Gasteiger partial charge in [-0.1, -0.05) is 36.9 Å². The standard InChI is InChI=1S/C28H36N2O5/c1-5-19-35-23-13-9-20(10-14-23)25-24(26(31)21-11-15-22(16-12-21)34-8-4)27(32)28(33)30(25)18-17-29(6-2)7-3/h9-16,25,31H,5-8,17-19H2,1-4H3/b26-24+. The number of rotatable bonds is 12. The fourth-order valence-corrected chi connectivity index (χ4v) is 4.32. The molecule has 3 rings (SSSR count). The largest absolute Gasteiger partial charge is 0.872 e. The summed E-state index contributed by atoms with van der Waals surface area (Å²) in [4.78, 5) is 29.2. The van der Waals surface area contributed by atoms with Crippen LogP contribution >= 0.6 is 0 Å². The number of carbonyl (C=O) groups is 2. The van der Waals surface area contributed by atoms with Crippen LogP contribution in [0.3, 0.4) is 0 Å². The van der Waals surface area contributed by atoms with Gasteiger partial charge in [0.2, 0.25) is 5.78 Å². The molecule has 0 saturated carbocycles. The van der Waals surface area contributed by atoms with Gasteiger partial charge in [-0.15, -0.1) is 0 Å². The zero-order chi connectivity index (χ0) is 25.4. The lowest BCUT2D eigenvalue weighted by Gasteiger charge is -2.28. The summed E-state index contributed by atoms with van der Waals surface area (Å²) in [6.45, 7) is 12.1. The predicted molar refractivity (Wildman–Crippen MR) is 133 cm³/mol. The van der Waals surface area contributed by atoms with Crippen molar-refractivity contribution in [3.05, 3.63) is 65.2 Å². The van der Waals surface area contributed by atoms with E-state index in [1.165, 1.54) is 4.90 Å². The maximum Gasteiger partial charge on any atom is 0.295 e. The molecule has 1 aliphatic heterocycles. The number of amides is 1. The Labute approximate surface area is 207 Å². The summed E-state index contributed by atoms with van der Waals surface area (Å²) in [6, 6.07) is 13.3. The zero-order valence-corrected chi connectivity index (χ0v) is 21.1. The summed E-state index contributed by atoms with van der Waals surface area (Å²) in [5.74, 6) is -0.423. The number of nitrogens with one attached hydrogen (secondary N) is 1. The number of quaternary nitrogens is 1. The minimum Gasteiger partial charge on any atom is -0.872 e. The maximum absolute atomic E-state index is 13.6. The molecule has 7 heteroatoms. The molecule has 1 saturated heterocycles. The second-order valence-corrected chi connectivity index (χ2v) is 8.56. The summed E-state index contributed by atoms with van der Waals surface area (Å²) in [6.07, 6.45) is 0.892. The number of likely N-dealkylation sites (N-methyl/N-ethyl adjacent to an activating group) is 1. The van der Waals surface area contributed by atoms with Gasteiger partial charge in [0.25, 0.3) is 5.91 Å². The number of hydrogen-bond donors (Lipinski definition) is 1. The Kier molecular flexibility index (Phi) is 9.32. The summed E-state index contributed by atoms with van der Waals surface area (Å²) in [5.41, 5.74) is 1.07. The lowest BCUT2D eigenvalue weighted by atomic mass is 9.95. The molecule has 0 spiro atoms. The molecule has 0 aromatic heterocycles. The Hall–Kier alpha value is -3.32. The van der Waals surface area contributed by atoms with Gasteiger partial charge in [0.05, 0.1) is 45.4 Å². The van der Waals surface area contributed by atoms with Crippen molar-refractivity contribution in [3.8, 4) is 11.5 Å². The summed E-state index contributed by atoms with van der Waals surface area (Å²) < 4.78 is 11.2. The topological polar surface area (TPSA) is 83.3 Å². The molecule has 7 nitrogen and oxygen atoms in total. The van der Waals surface area contributed by atoms with Crippen molar-refractivity contribution in [2.24, 2.45) is 0 Å². The molecule has 0 radical (unpaired) electrons. The van der Waals surface area contributed by atoms with Gasteiger partial charge < -0.3 is 24.4 Å². The lowest BCUT2D eigenvalue weighted by molar-refractivity contribution is -0.895. The third-order valence-corrected chi connectivity index (χ3v) is 6.33. The fourth-order valence-electron chi connectivity index (χ4n) is 4.32. The van der Waals surface area contributed by atoms with Crippen LogP contribution in [0.2, 0.25) is 0 Å². The first kappa shape index (κ1) is 26.3. The van der Waals surface area contributed by atoms with Crippen LogP contribution in [0.15, 0.2) is 54.1 Å². The molecule has 1 fully saturated rings. The van der Waals surface area contributed by atoms with Gasteiger partial charge in [-0.2, -0.15) is 0 Å². The highest BCUT2D eigenvalue weighted by Crippen LogP contribution is 2.39. The Balaban J connectivity index is 2.03. The summed E-state index contributed by atoms with van der Waals surface area (Å²) in [5, 5.41) is 13.6. The number of ether oxygens (including phenoxy) is 2. The fraction of sp³-hybridized carbons (Fsp3) is 0.429. The van der Waals surface area contributed by atoms with E-state index >= 15 is 0 Å². The molecule has 1 amide bonds. The minimum atomic E-state index is -0.732. The number of likely N-dealkylation sites (tertiary alicyclic amines) is 1. The summed E-state index contributed by atoms with van der Waals surface area (Å²) in [7, 11) is 0. The highest BCUT2D eigenvalue weighted by molar-refractivity contribution is 6.46. The number of ketones is 1. The number of benzene rings is 2. The van der Waals surface area contributed by atoms with Crippen molar-refractivity contribution in [3.63, 3.8) is 0 Å². The van der Waals surface area contributed by atoms with Crippen LogP contribution in [-0.2, 0) is 9.59 Å². The second kappa shape index (κ2) is 12.4. The highest BCUT2D eigenvalue weighted by Gasteiger charge is 2.44. The average Bonchev–Trinajstić information content (AvgIpc) is 3.13. The van der Waals surface area contributed by atoms with Crippen LogP contribution in [-0.4, -0.2) is 56.0 Å². The van der Waals surface area contributed by atoms with E-state index in [2.05, 4.69) is 13.8 Å². The van der Waals surface area contributed by atoms with E-state index in [4.69, 9.17) is 9.47 Å². The van der Waals surface area contributed by atoms with Gasteiger partial charge in [0, 0.05) is 5.57 Å². The third kappa shape index (κ3) is 6.03. The van der Waals surface area contributed by atoms with Gasteiger partial charge in [0.1, 0.15) is 11.5 Å². The van der Waals surface area contributed by atoms with Gasteiger partial charge in [0.15, 0.2) is 0 Å². The van der Waals surface area contributed by atoms with E-state index in [9.17, 15) is 14.7 Å². The van der Waals surface area contributed by atoms with E-state index < -0.39 is 23.5 Å². The third-order valence-electron chi connectivity index (χ3n) is 6.33. The van der Waals surface area contributed by atoms with Crippen LogP contribution in [0.1, 0.15) is 51.3 Å². The van der Waals surface area contributed by atoms with Crippen molar-refractivity contribution < 1.29 is 29.1 Å². The number of hydrogen-bond acceptors (Lipinski definition) is 5. The normalized spacial score (nSPS) is 17.3. The Bertz CT molecular complexity index is 1030. The Morgan fingerprint density at radius 1 is 0.914 bits per heavy atom. The van der Waals surface area contributed by atoms with Gasteiger partial charge >= 0.3 is 0 Å². The van der Waals surface area contributed by atoms with Crippen molar-refractivity contribution in [1.82, 2.24) is 4.90 Å². The summed E-state index contributed by atoms with van der Waals surface area (Å²) >= 11 is 0. The molecule has 1 heterocycles. The Morgan fingerprint density at radius 2 is 1.51 bits per heavy atom. The molecule has 1 aliphatic rings. The lowest BCUT2D eigenvalue weighted by Crippen LogP contribution is -3.12. The minimum absolute atomic E-state index is 0.00377. The molecule has 1 atom stereocenters.